The number of aromatic nitrogens is 1. The van der Waals surface area contributed by atoms with Crippen LogP contribution in [0.4, 0.5) is 0 Å². The van der Waals surface area contributed by atoms with E-state index in [4.69, 9.17) is 4.42 Å². The Labute approximate surface area is 136 Å². The molecule has 2 fully saturated rings. The lowest BCUT2D eigenvalue weighted by Gasteiger charge is -2.21. The molecule has 0 radical (unpaired) electrons. The zero-order valence-electron chi connectivity index (χ0n) is 13.2. The van der Waals surface area contributed by atoms with Gasteiger partial charge in [0.15, 0.2) is 12.2 Å². The minimum absolute atomic E-state index is 0.0114. The lowest BCUT2D eigenvalue weighted by Crippen LogP contribution is -2.27. The molecule has 2 aromatic rings. The number of carbonyl (C=O) groups is 1. The van der Waals surface area contributed by atoms with Crippen molar-refractivity contribution in [2.75, 3.05) is 6.54 Å². The van der Waals surface area contributed by atoms with E-state index in [1.165, 1.54) is 32.1 Å². The molecule has 120 valence electrons. The smallest absolute Gasteiger partial charge is 0.251 e. The first-order valence-electron chi connectivity index (χ1n) is 8.57. The molecule has 0 saturated heterocycles. The topological polar surface area (TPSA) is 55.1 Å². The molecule has 23 heavy (non-hydrogen) atoms. The summed E-state index contributed by atoms with van der Waals surface area (Å²) in [7, 11) is 0. The number of fused-ring (bicyclic) bond motifs is 2. The molecule has 2 saturated carbocycles. The molecule has 4 rings (SSSR count). The zero-order chi connectivity index (χ0) is 15.6. The molecular formula is C19H22N2O2. The van der Waals surface area contributed by atoms with Crippen LogP contribution < -0.4 is 5.32 Å². The van der Waals surface area contributed by atoms with Crippen molar-refractivity contribution in [2.45, 2.75) is 32.1 Å². The highest BCUT2D eigenvalue weighted by atomic mass is 16.3. The number of nitrogens with zero attached hydrogens (tertiary/aromatic N) is 1. The SMILES string of the molecule is O=C(NCC[C@@H]1C[C@H]2CC[C@H]1C2)c1ccc(-c2cnco2)cc1. The van der Waals surface area contributed by atoms with E-state index in [1.54, 1.807) is 6.20 Å². The highest BCUT2D eigenvalue weighted by molar-refractivity contribution is 5.94. The maximum Gasteiger partial charge on any atom is 0.251 e. The second-order valence-electron chi connectivity index (χ2n) is 6.92. The van der Waals surface area contributed by atoms with Gasteiger partial charge in [-0.3, -0.25) is 4.79 Å². The standard InChI is InChI=1S/C19H22N2O2/c22-19(21-8-7-17-10-13-1-2-16(17)9-13)15-5-3-14(4-6-15)18-11-20-12-23-18/h3-6,11-13,16-17H,1-2,7-10H2,(H,21,22)/t13-,16-,17+/m0/s1. The van der Waals surface area contributed by atoms with Crippen LogP contribution in [-0.2, 0) is 0 Å². The Bertz CT molecular complexity index is 663. The second kappa shape index (κ2) is 6.19. The van der Waals surface area contributed by atoms with Crippen molar-refractivity contribution in [1.82, 2.24) is 10.3 Å². The molecule has 1 N–H and O–H groups in total. The maximum atomic E-state index is 12.2. The average Bonchev–Trinajstić information content (AvgIpc) is 3.32. The van der Waals surface area contributed by atoms with Gasteiger partial charge in [0.2, 0.25) is 0 Å². The molecule has 2 aliphatic carbocycles. The highest BCUT2D eigenvalue weighted by Crippen LogP contribution is 2.49. The summed E-state index contributed by atoms with van der Waals surface area (Å²) in [6.07, 6.45) is 9.87. The quantitative estimate of drug-likeness (QED) is 0.911. The van der Waals surface area contributed by atoms with Crippen molar-refractivity contribution in [3.8, 4) is 11.3 Å². The molecule has 0 aliphatic heterocycles. The van der Waals surface area contributed by atoms with Crippen LogP contribution in [0.3, 0.4) is 0 Å². The van der Waals surface area contributed by atoms with Crippen molar-refractivity contribution in [2.24, 2.45) is 17.8 Å². The molecule has 4 heteroatoms. The molecule has 4 nitrogen and oxygen atoms in total. The minimum Gasteiger partial charge on any atom is -0.444 e. The normalized spacial score (nSPS) is 25.7. The van der Waals surface area contributed by atoms with Crippen molar-refractivity contribution >= 4 is 5.91 Å². The summed E-state index contributed by atoms with van der Waals surface area (Å²) in [4.78, 5) is 16.1. The summed E-state index contributed by atoms with van der Waals surface area (Å²) in [5.74, 6) is 3.47. The molecule has 1 aromatic heterocycles. The third-order valence-corrected chi connectivity index (χ3v) is 5.55. The van der Waals surface area contributed by atoms with Gasteiger partial charge < -0.3 is 9.73 Å². The monoisotopic (exact) mass is 310 g/mol. The molecule has 1 amide bonds. The van der Waals surface area contributed by atoms with Crippen LogP contribution in [0.1, 0.15) is 42.5 Å². The Kier molecular flexibility index (Phi) is 3.90. The molecule has 1 aromatic carbocycles. The molecule has 1 heterocycles. The zero-order valence-corrected chi connectivity index (χ0v) is 13.2. The number of benzene rings is 1. The number of hydrogen-bond acceptors (Lipinski definition) is 3. The first kappa shape index (κ1) is 14.5. The predicted molar refractivity (Wildman–Crippen MR) is 87.8 cm³/mol. The third-order valence-electron chi connectivity index (χ3n) is 5.55. The molecule has 3 atom stereocenters. The van der Waals surface area contributed by atoms with Gasteiger partial charge in [0, 0.05) is 17.7 Å². The first-order chi connectivity index (χ1) is 11.3. The van der Waals surface area contributed by atoms with Gasteiger partial charge in [-0.1, -0.05) is 18.6 Å². The van der Waals surface area contributed by atoms with Gasteiger partial charge in [-0.15, -0.1) is 0 Å². The van der Waals surface area contributed by atoms with Gasteiger partial charge in [-0.05, 0) is 55.6 Å². The number of amides is 1. The number of hydrogen-bond donors (Lipinski definition) is 1. The van der Waals surface area contributed by atoms with E-state index in [1.807, 2.05) is 24.3 Å². The van der Waals surface area contributed by atoms with Crippen molar-refractivity contribution in [3.05, 3.63) is 42.4 Å². The van der Waals surface area contributed by atoms with E-state index in [-0.39, 0.29) is 5.91 Å². The van der Waals surface area contributed by atoms with Gasteiger partial charge in [-0.25, -0.2) is 4.98 Å². The van der Waals surface area contributed by atoms with Gasteiger partial charge >= 0.3 is 0 Å². The van der Waals surface area contributed by atoms with Crippen molar-refractivity contribution in [1.29, 1.82) is 0 Å². The Hall–Kier alpha value is -2.10. The molecule has 2 bridgehead atoms. The summed E-state index contributed by atoms with van der Waals surface area (Å²) >= 11 is 0. The maximum absolute atomic E-state index is 12.2. The Balaban J connectivity index is 1.29. The van der Waals surface area contributed by atoms with Crippen LogP contribution in [0.25, 0.3) is 11.3 Å². The van der Waals surface area contributed by atoms with Gasteiger partial charge in [0.05, 0.1) is 6.20 Å². The average molecular weight is 310 g/mol. The number of carbonyl (C=O) groups excluding carboxylic acids is 1. The van der Waals surface area contributed by atoms with Crippen LogP contribution in [0, 0.1) is 17.8 Å². The highest BCUT2D eigenvalue weighted by Gasteiger charge is 2.38. The van der Waals surface area contributed by atoms with Crippen LogP contribution in [0.2, 0.25) is 0 Å². The van der Waals surface area contributed by atoms with Gasteiger partial charge in [-0.2, -0.15) is 0 Å². The largest absolute Gasteiger partial charge is 0.444 e. The van der Waals surface area contributed by atoms with Crippen LogP contribution in [0.5, 0.6) is 0 Å². The lowest BCUT2D eigenvalue weighted by atomic mass is 9.86. The van der Waals surface area contributed by atoms with E-state index in [0.717, 1.165) is 36.3 Å². The van der Waals surface area contributed by atoms with Gasteiger partial charge in [0.1, 0.15) is 0 Å². The Morgan fingerprint density at radius 3 is 2.74 bits per heavy atom. The van der Waals surface area contributed by atoms with Crippen molar-refractivity contribution in [3.63, 3.8) is 0 Å². The number of nitrogens with one attached hydrogen (secondary N) is 1. The van der Waals surface area contributed by atoms with Crippen LogP contribution in [-0.4, -0.2) is 17.4 Å². The molecular weight excluding hydrogens is 288 g/mol. The third kappa shape index (κ3) is 3.03. The van der Waals surface area contributed by atoms with Crippen LogP contribution >= 0.6 is 0 Å². The summed E-state index contributed by atoms with van der Waals surface area (Å²) < 4.78 is 5.25. The van der Waals surface area contributed by atoms with E-state index in [2.05, 4.69) is 10.3 Å². The molecule has 0 spiro atoms. The summed E-state index contributed by atoms with van der Waals surface area (Å²) in [6, 6.07) is 7.46. The summed E-state index contributed by atoms with van der Waals surface area (Å²) in [5, 5.41) is 3.06. The fourth-order valence-electron chi connectivity index (χ4n) is 4.35. The van der Waals surface area contributed by atoms with Crippen molar-refractivity contribution < 1.29 is 9.21 Å². The van der Waals surface area contributed by atoms with Gasteiger partial charge in [0.25, 0.3) is 5.91 Å². The van der Waals surface area contributed by atoms with E-state index < -0.39 is 0 Å². The predicted octanol–water partition coefficient (Wildman–Crippen LogP) is 3.90. The van der Waals surface area contributed by atoms with E-state index in [9.17, 15) is 4.79 Å². The van der Waals surface area contributed by atoms with E-state index >= 15 is 0 Å². The number of rotatable bonds is 5. The first-order valence-corrected chi connectivity index (χ1v) is 8.57. The molecule has 0 unspecified atom stereocenters. The minimum atomic E-state index is 0.0114. The summed E-state index contributed by atoms with van der Waals surface area (Å²) in [5.41, 5.74) is 1.63. The van der Waals surface area contributed by atoms with E-state index in [0.29, 0.717) is 11.3 Å². The summed E-state index contributed by atoms with van der Waals surface area (Å²) in [6.45, 7) is 0.788. The number of oxazole rings is 1. The second-order valence-corrected chi connectivity index (χ2v) is 6.92. The van der Waals surface area contributed by atoms with Crippen LogP contribution in [0.15, 0.2) is 41.3 Å². The Morgan fingerprint density at radius 2 is 2.09 bits per heavy atom. The fraction of sp³-hybridized carbons (Fsp3) is 0.474. The lowest BCUT2D eigenvalue weighted by molar-refractivity contribution is 0.0949. The fourth-order valence-corrected chi connectivity index (χ4v) is 4.35. The molecule has 2 aliphatic rings. The Morgan fingerprint density at radius 1 is 1.22 bits per heavy atom.